The van der Waals surface area contributed by atoms with Gasteiger partial charge in [-0.3, -0.25) is 9.59 Å². The molecule has 1 N–H and O–H groups in total. The summed E-state index contributed by atoms with van der Waals surface area (Å²) in [6, 6.07) is 13.5. The molecular weight excluding hydrogens is 467 g/mol. The van der Waals surface area contributed by atoms with Crippen molar-refractivity contribution in [2.45, 2.75) is 77.4 Å². The van der Waals surface area contributed by atoms with Crippen molar-refractivity contribution in [3.05, 3.63) is 65.5 Å². The third-order valence-corrected chi connectivity index (χ3v) is 7.66. The molecule has 0 aromatic heterocycles. The molecule has 6 heteroatoms. The summed E-state index contributed by atoms with van der Waals surface area (Å²) in [6.07, 6.45) is 7.25. The van der Waals surface area contributed by atoms with Crippen molar-refractivity contribution in [2.24, 2.45) is 11.8 Å². The molecule has 2 fully saturated rings. The Labute approximate surface area is 220 Å². The average molecular weight is 509 g/mol. The minimum Gasteiger partial charge on any atom is -0.488 e. The summed E-state index contributed by atoms with van der Waals surface area (Å²) in [5, 5.41) is 3.22. The number of rotatable bonds is 8. The Bertz CT molecular complexity index is 1030. The molecule has 4 rings (SSSR count). The van der Waals surface area contributed by atoms with Gasteiger partial charge in [0.2, 0.25) is 0 Å². The highest BCUT2D eigenvalue weighted by Gasteiger charge is 2.27. The molecule has 0 radical (unpaired) electrons. The molecule has 0 spiro atoms. The molecule has 1 heterocycles. The number of carbonyl (C=O) groups is 2. The van der Waals surface area contributed by atoms with Gasteiger partial charge in [0.15, 0.2) is 5.78 Å². The molecule has 2 aromatic carbocycles. The standard InChI is InChI=1S/C31H41FN2O3/c1-31(2,3)37-28-14-8-25(9-15-28)30(36)33-27-12-4-22(5-13-27)16-19-34-20-17-24(18-21-34)29(35)23-6-10-26(32)11-7-23/h6-11,14-15,22,24,27H,4-5,12-13,16-21H2,1-3H3,(H,33,36). The summed E-state index contributed by atoms with van der Waals surface area (Å²) in [7, 11) is 0. The minimum atomic E-state index is -0.306. The first kappa shape index (κ1) is 27.3. The topological polar surface area (TPSA) is 58.6 Å². The highest BCUT2D eigenvalue weighted by atomic mass is 19.1. The van der Waals surface area contributed by atoms with Gasteiger partial charge in [-0.15, -0.1) is 0 Å². The van der Waals surface area contributed by atoms with Crippen molar-refractivity contribution in [3.63, 3.8) is 0 Å². The number of nitrogens with one attached hydrogen (secondary N) is 1. The zero-order valence-electron chi connectivity index (χ0n) is 22.5. The van der Waals surface area contributed by atoms with Crippen molar-refractivity contribution in [1.82, 2.24) is 10.2 Å². The number of hydrogen-bond acceptors (Lipinski definition) is 4. The zero-order valence-corrected chi connectivity index (χ0v) is 22.5. The number of Topliss-reactive ketones (excluding diaryl/α,β-unsaturated/α-hetero) is 1. The van der Waals surface area contributed by atoms with E-state index < -0.39 is 0 Å². The third kappa shape index (κ3) is 8.13. The first-order valence-electron chi connectivity index (χ1n) is 13.8. The number of ketones is 1. The zero-order chi connectivity index (χ0) is 26.4. The first-order chi connectivity index (χ1) is 17.7. The lowest BCUT2D eigenvalue weighted by Crippen LogP contribution is -2.39. The van der Waals surface area contributed by atoms with E-state index >= 15 is 0 Å². The predicted octanol–water partition coefficient (Wildman–Crippen LogP) is 6.28. The number of amides is 1. The van der Waals surface area contributed by atoms with Gasteiger partial charge >= 0.3 is 0 Å². The second kappa shape index (κ2) is 12.2. The number of piperidine rings is 1. The summed E-state index contributed by atoms with van der Waals surface area (Å²) in [4.78, 5) is 27.9. The Morgan fingerprint density at radius 1 is 0.892 bits per heavy atom. The van der Waals surface area contributed by atoms with E-state index in [4.69, 9.17) is 4.74 Å². The SMILES string of the molecule is CC(C)(C)Oc1ccc(C(=O)NC2CCC(CCN3CCC(C(=O)c4ccc(F)cc4)CC3)CC2)cc1. The van der Waals surface area contributed by atoms with Crippen LogP contribution in [0.3, 0.4) is 0 Å². The van der Waals surface area contributed by atoms with Gasteiger partial charge in [-0.05, 0) is 140 Å². The van der Waals surface area contributed by atoms with Crippen molar-refractivity contribution in [3.8, 4) is 5.75 Å². The number of halogens is 1. The largest absolute Gasteiger partial charge is 0.488 e. The second-order valence-corrected chi connectivity index (χ2v) is 11.7. The van der Waals surface area contributed by atoms with Crippen LogP contribution in [-0.2, 0) is 0 Å². The summed E-state index contributed by atoms with van der Waals surface area (Å²) in [5.41, 5.74) is 1.03. The molecule has 1 saturated carbocycles. The number of likely N-dealkylation sites (tertiary alicyclic amines) is 1. The fourth-order valence-electron chi connectivity index (χ4n) is 5.53. The van der Waals surface area contributed by atoms with E-state index in [0.717, 1.165) is 63.9 Å². The molecule has 1 aliphatic carbocycles. The molecule has 0 bridgehead atoms. The van der Waals surface area contributed by atoms with Crippen molar-refractivity contribution < 1.29 is 18.7 Å². The molecule has 1 saturated heterocycles. The van der Waals surface area contributed by atoms with Gasteiger partial charge in [-0.25, -0.2) is 4.39 Å². The molecule has 37 heavy (non-hydrogen) atoms. The predicted molar refractivity (Wildman–Crippen MR) is 145 cm³/mol. The van der Waals surface area contributed by atoms with Gasteiger partial charge in [0.05, 0.1) is 0 Å². The average Bonchev–Trinajstić information content (AvgIpc) is 2.88. The van der Waals surface area contributed by atoms with Gasteiger partial charge < -0.3 is 15.0 Å². The lowest BCUT2D eigenvalue weighted by molar-refractivity contribution is 0.0832. The van der Waals surface area contributed by atoms with E-state index in [9.17, 15) is 14.0 Å². The fraction of sp³-hybridized carbons (Fsp3) is 0.548. The van der Waals surface area contributed by atoms with Crippen molar-refractivity contribution >= 4 is 11.7 Å². The molecule has 2 aliphatic rings. The number of hydrogen-bond donors (Lipinski definition) is 1. The van der Waals surface area contributed by atoms with E-state index in [1.807, 2.05) is 45.0 Å². The highest BCUT2D eigenvalue weighted by Crippen LogP contribution is 2.29. The molecule has 5 nitrogen and oxygen atoms in total. The second-order valence-electron chi connectivity index (χ2n) is 11.7. The van der Waals surface area contributed by atoms with Gasteiger partial charge in [-0.2, -0.15) is 0 Å². The lowest BCUT2D eigenvalue weighted by atomic mass is 9.83. The van der Waals surface area contributed by atoms with Gasteiger partial charge in [-0.1, -0.05) is 0 Å². The molecule has 1 amide bonds. The van der Waals surface area contributed by atoms with Crippen LogP contribution in [0.2, 0.25) is 0 Å². The van der Waals surface area contributed by atoms with Crippen molar-refractivity contribution in [2.75, 3.05) is 19.6 Å². The molecule has 2 aromatic rings. The maximum absolute atomic E-state index is 13.1. The van der Waals surface area contributed by atoms with E-state index in [-0.39, 0.29) is 35.1 Å². The normalized spacial score (nSPS) is 21.4. The molecule has 0 unspecified atom stereocenters. The Balaban J connectivity index is 1.13. The number of benzene rings is 2. The lowest BCUT2D eigenvalue weighted by Gasteiger charge is -2.34. The van der Waals surface area contributed by atoms with Gasteiger partial charge in [0.1, 0.15) is 17.2 Å². The number of carbonyl (C=O) groups excluding carboxylic acids is 2. The van der Waals surface area contributed by atoms with Crippen LogP contribution in [-0.4, -0.2) is 47.9 Å². The van der Waals surface area contributed by atoms with Crippen LogP contribution in [0.1, 0.15) is 86.4 Å². The quantitative estimate of drug-likeness (QED) is 0.427. The Hall–Kier alpha value is -2.73. The Morgan fingerprint density at radius 2 is 1.49 bits per heavy atom. The maximum Gasteiger partial charge on any atom is 0.251 e. The van der Waals surface area contributed by atoms with Crippen LogP contribution in [0, 0.1) is 17.7 Å². The van der Waals surface area contributed by atoms with Crippen LogP contribution in [0.25, 0.3) is 0 Å². The van der Waals surface area contributed by atoms with Crippen LogP contribution in [0.4, 0.5) is 4.39 Å². The van der Waals surface area contributed by atoms with Crippen LogP contribution in [0.15, 0.2) is 48.5 Å². The summed E-state index contributed by atoms with van der Waals surface area (Å²) < 4.78 is 19.0. The van der Waals surface area contributed by atoms with E-state index in [1.165, 1.54) is 18.6 Å². The highest BCUT2D eigenvalue weighted by molar-refractivity contribution is 5.97. The molecule has 200 valence electrons. The van der Waals surface area contributed by atoms with Gasteiger partial charge in [0, 0.05) is 23.1 Å². The molecule has 1 aliphatic heterocycles. The third-order valence-electron chi connectivity index (χ3n) is 7.66. The van der Waals surface area contributed by atoms with Crippen molar-refractivity contribution in [1.29, 1.82) is 0 Å². The Kier molecular flexibility index (Phi) is 9.01. The van der Waals surface area contributed by atoms with Crippen LogP contribution < -0.4 is 10.1 Å². The van der Waals surface area contributed by atoms with Crippen LogP contribution in [0.5, 0.6) is 5.75 Å². The monoisotopic (exact) mass is 508 g/mol. The number of ether oxygens (including phenoxy) is 1. The maximum atomic E-state index is 13.1. The van der Waals surface area contributed by atoms with Crippen LogP contribution >= 0.6 is 0 Å². The smallest absolute Gasteiger partial charge is 0.251 e. The Morgan fingerprint density at radius 3 is 2.08 bits per heavy atom. The molecular formula is C31H41FN2O3. The fourth-order valence-corrected chi connectivity index (χ4v) is 5.53. The summed E-state index contributed by atoms with van der Waals surface area (Å²) in [5.74, 6) is 1.34. The van der Waals surface area contributed by atoms with Gasteiger partial charge in [0.25, 0.3) is 5.91 Å². The van der Waals surface area contributed by atoms with E-state index in [2.05, 4.69) is 10.2 Å². The minimum absolute atomic E-state index is 0.0104. The number of nitrogens with zero attached hydrogens (tertiary/aromatic N) is 1. The van der Waals surface area contributed by atoms with E-state index in [1.54, 1.807) is 12.1 Å². The molecule has 0 atom stereocenters. The summed E-state index contributed by atoms with van der Waals surface area (Å²) in [6.45, 7) is 8.98. The summed E-state index contributed by atoms with van der Waals surface area (Å²) >= 11 is 0. The van der Waals surface area contributed by atoms with E-state index in [0.29, 0.717) is 17.0 Å². The first-order valence-corrected chi connectivity index (χ1v) is 13.8.